The van der Waals surface area contributed by atoms with Crippen LogP contribution in [0.5, 0.6) is 0 Å². The SMILES string of the molecule is CCCCCC(C)OC(=O)C(=O)Cl. The fraction of sp³-hybridized carbons (Fsp3) is 0.778. The van der Waals surface area contributed by atoms with Crippen LogP contribution in [-0.4, -0.2) is 17.3 Å². The Morgan fingerprint density at radius 3 is 2.46 bits per heavy atom. The number of rotatable bonds is 6. The number of hydrogen-bond acceptors (Lipinski definition) is 3. The number of carbonyl (C=O) groups excluding carboxylic acids is 2. The van der Waals surface area contributed by atoms with Crippen LogP contribution in [0.2, 0.25) is 0 Å². The van der Waals surface area contributed by atoms with Crippen molar-refractivity contribution in [1.82, 2.24) is 0 Å². The number of esters is 1. The zero-order valence-electron chi connectivity index (χ0n) is 8.01. The van der Waals surface area contributed by atoms with E-state index in [1.54, 1.807) is 6.92 Å². The Labute approximate surface area is 83.4 Å². The van der Waals surface area contributed by atoms with Crippen molar-refractivity contribution in [1.29, 1.82) is 0 Å². The van der Waals surface area contributed by atoms with Crippen LogP contribution in [0.3, 0.4) is 0 Å². The molecule has 0 radical (unpaired) electrons. The van der Waals surface area contributed by atoms with Crippen molar-refractivity contribution in [3.8, 4) is 0 Å². The minimum Gasteiger partial charge on any atom is -0.456 e. The molecular formula is C9H15ClO3. The first-order chi connectivity index (χ1) is 6.07. The summed E-state index contributed by atoms with van der Waals surface area (Å²) in [6.45, 7) is 3.85. The highest BCUT2D eigenvalue weighted by Gasteiger charge is 2.15. The lowest BCUT2D eigenvalue weighted by atomic mass is 10.1. The van der Waals surface area contributed by atoms with Gasteiger partial charge in [0.2, 0.25) is 0 Å². The predicted molar refractivity (Wildman–Crippen MR) is 50.6 cm³/mol. The number of ether oxygens (including phenoxy) is 1. The van der Waals surface area contributed by atoms with Crippen molar-refractivity contribution in [3.63, 3.8) is 0 Å². The molecule has 0 aromatic heterocycles. The van der Waals surface area contributed by atoms with E-state index in [4.69, 9.17) is 16.3 Å². The van der Waals surface area contributed by atoms with Crippen LogP contribution in [0.4, 0.5) is 0 Å². The molecule has 4 heteroatoms. The smallest absolute Gasteiger partial charge is 0.391 e. The van der Waals surface area contributed by atoms with Gasteiger partial charge in [-0.05, 0) is 31.4 Å². The molecule has 0 saturated carbocycles. The van der Waals surface area contributed by atoms with Gasteiger partial charge in [0, 0.05) is 0 Å². The summed E-state index contributed by atoms with van der Waals surface area (Å²) < 4.78 is 4.74. The molecule has 0 aliphatic heterocycles. The molecule has 0 aromatic carbocycles. The van der Waals surface area contributed by atoms with Crippen molar-refractivity contribution < 1.29 is 14.3 Å². The summed E-state index contributed by atoms with van der Waals surface area (Å²) in [4.78, 5) is 21.0. The molecule has 0 fully saturated rings. The molecule has 0 amide bonds. The molecule has 0 N–H and O–H groups in total. The Balaban J connectivity index is 3.55. The Morgan fingerprint density at radius 1 is 1.38 bits per heavy atom. The number of carbonyl (C=O) groups is 2. The monoisotopic (exact) mass is 206 g/mol. The van der Waals surface area contributed by atoms with Crippen molar-refractivity contribution in [3.05, 3.63) is 0 Å². The number of hydrogen-bond donors (Lipinski definition) is 0. The van der Waals surface area contributed by atoms with E-state index in [0.29, 0.717) is 0 Å². The minimum absolute atomic E-state index is 0.221. The minimum atomic E-state index is -1.05. The molecule has 0 aliphatic rings. The Kier molecular flexibility index (Phi) is 6.59. The van der Waals surface area contributed by atoms with Crippen LogP contribution in [0.15, 0.2) is 0 Å². The van der Waals surface area contributed by atoms with Crippen LogP contribution in [0, 0.1) is 0 Å². The molecule has 1 atom stereocenters. The third-order valence-corrected chi connectivity index (χ3v) is 1.84. The van der Waals surface area contributed by atoms with Gasteiger partial charge in [0.25, 0.3) is 0 Å². The summed E-state index contributed by atoms with van der Waals surface area (Å²) in [7, 11) is 0. The summed E-state index contributed by atoms with van der Waals surface area (Å²) >= 11 is 4.92. The third kappa shape index (κ3) is 6.58. The molecule has 0 bridgehead atoms. The molecule has 13 heavy (non-hydrogen) atoms. The highest BCUT2D eigenvalue weighted by atomic mass is 35.5. The molecule has 0 rings (SSSR count). The largest absolute Gasteiger partial charge is 0.456 e. The summed E-state index contributed by atoms with van der Waals surface area (Å²) in [5, 5.41) is -1.05. The molecule has 1 unspecified atom stereocenters. The van der Waals surface area contributed by atoms with E-state index in [9.17, 15) is 9.59 Å². The molecule has 3 nitrogen and oxygen atoms in total. The lowest BCUT2D eigenvalue weighted by molar-refractivity contribution is -0.154. The summed E-state index contributed by atoms with van der Waals surface area (Å²) in [5.74, 6) is -0.953. The van der Waals surface area contributed by atoms with Crippen LogP contribution in [0.1, 0.15) is 39.5 Å². The molecule has 0 spiro atoms. The number of halogens is 1. The second-order valence-corrected chi connectivity index (χ2v) is 3.33. The predicted octanol–water partition coefficient (Wildman–Crippen LogP) is 2.26. The molecule has 0 saturated heterocycles. The van der Waals surface area contributed by atoms with Crippen LogP contribution in [0.25, 0.3) is 0 Å². The third-order valence-electron chi connectivity index (χ3n) is 1.68. The van der Waals surface area contributed by atoms with Crippen molar-refractivity contribution in [2.24, 2.45) is 0 Å². The van der Waals surface area contributed by atoms with Crippen LogP contribution < -0.4 is 0 Å². The fourth-order valence-corrected chi connectivity index (χ4v) is 1.01. The summed E-state index contributed by atoms with van der Waals surface area (Å²) in [5.41, 5.74) is 0. The lowest BCUT2D eigenvalue weighted by Crippen LogP contribution is -2.19. The van der Waals surface area contributed by atoms with E-state index < -0.39 is 11.2 Å². The van der Waals surface area contributed by atoms with Crippen molar-refractivity contribution in [2.75, 3.05) is 0 Å². The quantitative estimate of drug-likeness (QED) is 0.290. The van der Waals surface area contributed by atoms with E-state index in [2.05, 4.69) is 6.92 Å². The lowest BCUT2D eigenvalue weighted by Gasteiger charge is -2.10. The van der Waals surface area contributed by atoms with Gasteiger partial charge in [0.1, 0.15) is 0 Å². The van der Waals surface area contributed by atoms with Gasteiger partial charge in [-0.25, -0.2) is 4.79 Å². The van der Waals surface area contributed by atoms with Gasteiger partial charge >= 0.3 is 11.2 Å². The first-order valence-electron chi connectivity index (χ1n) is 4.48. The van der Waals surface area contributed by atoms with Gasteiger partial charge in [0.15, 0.2) is 0 Å². The second-order valence-electron chi connectivity index (χ2n) is 2.99. The second kappa shape index (κ2) is 6.89. The van der Waals surface area contributed by atoms with Gasteiger partial charge in [-0.2, -0.15) is 0 Å². The average molecular weight is 207 g/mol. The van der Waals surface area contributed by atoms with E-state index in [-0.39, 0.29) is 6.10 Å². The Bertz CT molecular complexity index is 180. The number of unbranched alkanes of at least 4 members (excludes halogenated alkanes) is 2. The van der Waals surface area contributed by atoms with E-state index in [0.717, 1.165) is 25.7 Å². The first-order valence-corrected chi connectivity index (χ1v) is 4.86. The van der Waals surface area contributed by atoms with Gasteiger partial charge in [-0.15, -0.1) is 0 Å². The normalized spacial score (nSPS) is 12.2. The fourth-order valence-electron chi connectivity index (χ4n) is 0.970. The van der Waals surface area contributed by atoms with Crippen LogP contribution in [-0.2, 0) is 14.3 Å². The van der Waals surface area contributed by atoms with Crippen molar-refractivity contribution >= 4 is 22.8 Å². The zero-order valence-corrected chi connectivity index (χ0v) is 8.76. The average Bonchev–Trinajstić information content (AvgIpc) is 2.04. The standard InChI is InChI=1S/C9H15ClO3/c1-3-4-5-6-7(2)13-9(12)8(10)11/h7H,3-6H2,1-2H3. The molecule has 0 aromatic rings. The van der Waals surface area contributed by atoms with E-state index >= 15 is 0 Å². The first kappa shape index (κ1) is 12.4. The van der Waals surface area contributed by atoms with Crippen LogP contribution >= 0.6 is 11.6 Å². The maximum atomic E-state index is 10.7. The van der Waals surface area contributed by atoms with Gasteiger partial charge in [-0.1, -0.05) is 19.8 Å². The Morgan fingerprint density at radius 2 is 2.00 bits per heavy atom. The highest BCUT2D eigenvalue weighted by Crippen LogP contribution is 2.06. The zero-order chi connectivity index (χ0) is 10.3. The summed E-state index contributed by atoms with van der Waals surface area (Å²) in [6, 6.07) is 0. The van der Waals surface area contributed by atoms with E-state index in [1.165, 1.54) is 0 Å². The van der Waals surface area contributed by atoms with Gasteiger partial charge in [0.05, 0.1) is 6.10 Å². The molecular weight excluding hydrogens is 192 g/mol. The molecule has 76 valence electrons. The topological polar surface area (TPSA) is 43.4 Å². The highest BCUT2D eigenvalue weighted by molar-refractivity contribution is 6.80. The van der Waals surface area contributed by atoms with Gasteiger partial charge in [-0.3, -0.25) is 4.79 Å². The van der Waals surface area contributed by atoms with Gasteiger partial charge < -0.3 is 4.74 Å². The maximum absolute atomic E-state index is 10.7. The maximum Gasteiger partial charge on any atom is 0.391 e. The molecule has 0 heterocycles. The molecule has 0 aliphatic carbocycles. The van der Waals surface area contributed by atoms with Crippen molar-refractivity contribution in [2.45, 2.75) is 45.6 Å². The van der Waals surface area contributed by atoms with E-state index in [1.807, 2.05) is 0 Å². The summed E-state index contributed by atoms with van der Waals surface area (Å²) in [6.07, 6.45) is 3.79. The Hall–Kier alpha value is -0.570.